The van der Waals surface area contributed by atoms with Gasteiger partial charge in [-0.05, 0) is 38.8 Å². The van der Waals surface area contributed by atoms with E-state index in [2.05, 4.69) is 37.1 Å². The SMILES string of the molecule is Cc1cc(CNC(C)(C)C)cnc1SCCS(C)(=O)=O. The van der Waals surface area contributed by atoms with Crippen molar-refractivity contribution in [1.29, 1.82) is 0 Å². The van der Waals surface area contributed by atoms with E-state index in [0.717, 1.165) is 22.7 Å². The van der Waals surface area contributed by atoms with Gasteiger partial charge < -0.3 is 5.32 Å². The second-order valence-corrected chi connectivity index (χ2v) is 9.39. The zero-order chi connectivity index (χ0) is 15.4. The summed E-state index contributed by atoms with van der Waals surface area (Å²) in [6, 6.07) is 2.11. The Kier molecular flexibility index (Phi) is 6.04. The molecule has 0 aliphatic rings. The van der Waals surface area contributed by atoms with E-state index >= 15 is 0 Å². The minimum atomic E-state index is -2.90. The molecule has 114 valence electrons. The van der Waals surface area contributed by atoms with Crippen LogP contribution in [0, 0.1) is 6.92 Å². The van der Waals surface area contributed by atoms with E-state index in [1.165, 1.54) is 18.0 Å². The van der Waals surface area contributed by atoms with Gasteiger partial charge in [-0.2, -0.15) is 0 Å². The molecule has 1 rings (SSSR count). The summed E-state index contributed by atoms with van der Waals surface area (Å²) in [5.74, 6) is 0.735. The predicted molar refractivity (Wildman–Crippen MR) is 86.0 cm³/mol. The van der Waals surface area contributed by atoms with Crippen molar-refractivity contribution in [3.63, 3.8) is 0 Å². The fourth-order valence-corrected chi connectivity index (χ4v) is 3.68. The Labute approximate surface area is 126 Å². The lowest BCUT2D eigenvalue weighted by atomic mass is 10.1. The normalized spacial score (nSPS) is 12.7. The predicted octanol–water partition coefficient (Wildman–Crippen LogP) is 2.41. The lowest BCUT2D eigenvalue weighted by molar-refractivity contribution is 0.424. The van der Waals surface area contributed by atoms with Crippen molar-refractivity contribution in [2.45, 2.75) is 44.8 Å². The van der Waals surface area contributed by atoms with Crippen LogP contribution in [-0.2, 0) is 16.4 Å². The van der Waals surface area contributed by atoms with Gasteiger partial charge in [-0.15, -0.1) is 11.8 Å². The zero-order valence-corrected chi connectivity index (χ0v) is 14.5. The van der Waals surface area contributed by atoms with Gasteiger partial charge in [0.15, 0.2) is 0 Å². The van der Waals surface area contributed by atoms with Crippen molar-refractivity contribution in [2.75, 3.05) is 17.8 Å². The molecule has 0 saturated heterocycles. The molecule has 4 nitrogen and oxygen atoms in total. The van der Waals surface area contributed by atoms with Crippen molar-refractivity contribution in [2.24, 2.45) is 0 Å². The van der Waals surface area contributed by atoms with Crippen LogP contribution in [0.4, 0.5) is 0 Å². The average molecular weight is 316 g/mol. The zero-order valence-electron chi connectivity index (χ0n) is 12.9. The summed E-state index contributed by atoms with van der Waals surface area (Å²) in [6.45, 7) is 9.18. The van der Waals surface area contributed by atoms with Gasteiger partial charge in [-0.1, -0.05) is 6.07 Å². The Balaban J connectivity index is 2.59. The van der Waals surface area contributed by atoms with Crippen molar-refractivity contribution >= 4 is 21.6 Å². The van der Waals surface area contributed by atoms with Gasteiger partial charge in [0.1, 0.15) is 9.84 Å². The van der Waals surface area contributed by atoms with Crippen LogP contribution in [0.25, 0.3) is 0 Å². The van der Waals surface area contributed by atoms with Crippen molar-refractivity contribution in [3.05, 3.63) is 23.4 Å². The molecule has 1 aromatic rings. The number of thioether (sulfide) groups is 1. The molecule has 1 heterocycles. The van der Waals surface area contributed by atoms with Crippen LogP contribution in [0.15, 0.2) is 17.3 Å². The third kappa shape index (κ3) is 7.26. The monoisotopic (exact) mass is 316 g/mol. The molecule has 0 saturated carbocycles. The first-order valence-electron chi connectivity index (χ1n) is 6.58. The lowest BCUT2D eigenvalue weighted by Crippen LogP contribution is -2.35. The van der Waals surface area contributed by atoms with E-state index in [-0.39, 0.29) is 11.3 Å². The molecular formula is C14H24N2O2S2. The number of nitrogens with zero attached hydrogens (tertiary/aromatic N) is 1. The summed E-state index contributed by atoms with van der Waals surface area (Å²) in [4.78, 5) is 4.43. The largest absolute Gasteiger partial charge is 0.308 e. The first kappa shape index (κ1) is 17.5. The third-order valence-electron chi connectivity index (χ3n) is 2.60. The Morgan fingerprint density at radius 3 is 2.50 bits per heavy atom. The standard InChI is InChI=1S/C14H24N2O2S2/c1-11-8-12(10-16-14(2,3)4)9-15-13(11)19-6-7-20(5,17)18/h8-9,16H,6-7,10H2,1-5H3. The van der Waals surface area contributed by atoms with Gasteiger partial charge in [-0.3, -0.25) is 0 Å². The number of aromatic nitrogens is 1. The molecule has 0 aliphatic carbocycles. The van der Waals surface area contributed by atoms with E-state index < -0.39 is 9.84 Å². The molecular weight excluding hydrogens is 292 g/mol. The fourth-order valence-electron chi connectivity index (χ4n) is 1.53. The molecule has 0 bridgehead atoms. The van der Waals surface area contributed by atoms with Gasteiger partial charge in [0.05, 0.1) is 10.8 Å². The van der Waals surface area contributed by atoms with E-state index in [1.54, 1.807) is 0 Å². The first-order chi connectivity index (χ1) is 9.07. The van der Waals surface area contributed by atoms with Gasteiger partial charge in [0.2, 0.25) is 0 Å². The molecule has 1 aromatic heterocycles. The second-order valence-electron chi connectivity index (χ2n) is 6.05. The number of hydrogen-bond donors (Lipinski definition) is 1. The van der Waals surface area contributed by atoms with Gasteiger partial charge in [0, 0.05) is 30.3 Å². The lowest BCUT2D eigenvalue weighted by Gasteiger charge is -2.20. The number of pyridine rings is 1. The summed E-state index contributed by atoms with van der Waals surface area (Å²) in [5, 5.41) is 4.33. The van der Waals surface area contributed by atoms with E-state index in [4.69, 9.17) is 0 Å². The Bertz CT molecular complexity index is 549. The minimum Gasteiger partial charge on any atom is -0.308 e. The van der Waals surface area contributed by atoms with Crippen molar-refractivity contribution < 1.29 is 8.42 Å². The second kappa shape index (κ2) is 6.91. The summed E-state index contributed by atoms with van der Waals surface area (Å²) in [6.07, 6.45) is 3.11. The van der Waals surface area contributed by atoms with Crippen LogP contribution in [0.3, 0.4) is 0 Å². The number of sulfone groups is 1. The Morgan fingerprint density at radius 2 is 2.00 bits per heavy atom. The average Bonchev–Trinajstić information content (AvgIpc) is 2.26. The van der Waals surface area contributed by atoms with Crippen molar-refractivity contribution in [1.82, 2.24) is 10.3 Å². The molecule has 0 fully saturated rings. The van der Waals surface area contributed by atoms with Crippen LogP contribution < -0.4 is 5.32 Å². The molecule has 0 amide bonds. The summed E-state index contributed by atoms with van der Waals surface area (Å²) in [7, 11) is -2.90. The van der Waals surface area contributed by atoms with E-state index in [1.807, 2.05) is 13.1 Å². The van der Waals surface area contributed by atoms with Crippen LogP contribution in [-0.4, -0.2) is 36.7 Å². The maximum atomic E-state index is 11.1. The van der Waals surface area contributed by atoms with E-state index in [9.17, 15) is 8.42 Å². The summed E-state index contributed by atoms with van der Waals surface area (Å²) in [5.41, 5.74) is 2.32. The fraction of sp³-hybridized carbons (Fsp3) is 0.643. The highest BCUT2D eigenvalue weighted by atomic mass is 32.2. The van der Waals surface area contributed by atoms with Crippen LogP contribution in [0.1, 0.15) is 31.9 Å². The Hall–Kier alpha value is -0.590. The smallest absolute Gasteiger partial charge is 0.148 e. The Morgan fingerprint density at radius 1 is 1.35 bits per heavy atom. The maximum Gasteiger partial charge on any atom is 0.148 e. The highest BCUT2D eigenvalue weighted by Crippen LogP contribution is 2.20. The molecule has 0 radical (unpaired) electrons. The minimum absolute atomic E-state index is 0.0802. The molecule has 1 N–H and O–H groups in total. The number of rotatable bonds is 6. The number of aryl methyl sites for hydroxylation is 1. The highest BCUT2D eigenvalue weighted by Gasteiger charge is 2.10. The maximum absolute atomic E-state index is 11.1. The topological polar surface area (TPSA) is 59.1 Å². The summed E-state index contributed by atoms with van der Waals surface area (Å²) < 4.78 is 22.2. The molecule has 0 unspecified atom stereocenters. The molecule has 0 aromatic carbocycles. The van der Waals surface area contributed by atoms with Gasteiger partial charge >= 0.3 is 0 Å². The molecule has 0 atom stereocenters. The van der Waals surface area contributed by atoms with E-state index in [0.29, 0.717) is 5.75 Å². The van der Waals surface area contributed by atoms with Gasteiger partial charge in [0.25, 0.3) is 0 Å². The third-order valence-corrected chi connectivity index (χ3v) is 4.92. The molecule has 20 heavy (non-hydrogen) atoms. The van der Waals surface area contributed by atoms with Crippen LogP contribution >= 0.6 is 11.8 Å². The number of nitrogens with one attached hydrogen (secondary N) is 1. The van der Waals surface area contributed by atoms with Crippen LogP contribution in [0.5, 0.6) is 0 Å². The molecule has 0 aliphatic heterocycles. The van der Waals surface area contributed by atoms with Gasteiger partial charge in [-0.25, -0.2) is 13.4 Å². The first-order valence-corrected chi connectivity index (χ1v) is 9.62. The summed E-state index contributed by atoms with van der Waals surface area (Å²) >= 11 is 1.50. The van der Waals surface area contributed by atoms with Crippen LogP contribution in [0.2, 0.25) is 0 Å². The molecule has 6 heteroatoms. The van der Waals surface area contributed by atoms with Crippen molar-refractivity contribution in [3.8, 4) is 0 Å². The number of hydrogen-bond acceptors (Lipinski definition) is 5. The highest BCUT2D eigenvalue weighted by molar-refractivity contribution is 8.00. The molecule has 0 spiro atoms. The quantitative estimate of drug-likeness (QED) is 0.817.